The normalized spacial score (nSPS) is 20.3. The molecule has 0 saturated heterocycles. The molecule has 1 aliphatic rings. The van der Waals surface area contributed by atoms with Crippen LogP contribution in [-0.2, 0) is 0 Å². The summed E-state index contributed by atoms with van der Waals surface area (Å²) in [5.74, 6) is -0.543. The maximum Gasteiger partial charge on any atom is 0.123 e. The summed E-state index contributed by atoms with van der Waals surface area (Å²) >= 11 is 0. The van der Waals surface area contributed by atoms with Crippen LogP contribution in [0, 0.1) is 0 Å². The van der Waals surface area contributed by atoms with E-state index in [2.05, 4.69) is 90.1 Å². The number of aromatic hydroxyl groups is 6. The maximum atomic E-state index is 11.5. The summed E-state index contributed by atoms with van der Waals surface area (Å²) in [7, 11) is 0. The molecule has 0 heterocycles. The number of rotatable bonds is 6. The van der Waals surface area contributed by atoms with Crippen molar-refractivity contribution in [3.63, 3.8) is 0 Å². The molecular weight excluding hydrogens is 745 g/mol. The van der Waals surface area contributed by atoms with Crippen LogP contribution in [-0.4, -0.2) is 30.6 Å². The molecule has 0 fully saturated rings. The third-order valence-corrected chi connectivity index (χ3v) is 13.4. The summed E-state index contributed by atoms with van der Waals surface area (Å²) in [4.78, 5) is 0. The van der Waals surface area contributed by atoms with Gasteiger partial charge in [-0.3, -0.25) is 0 Å². The third-order valence-electron chi connectivity index (χ3n) is 13.4. The number of phenols is 6. The molecule has 6 aromatic carbocycles. The second-order valence-electron chi connectivity index (χ2n) is 16.7. The Morgan fingerprint density at radius 2 is 0.500 bits per heavy atom. The van der Waals surface area contributed by atoms with Crippen LogP contribution in [0.3, 0.4) is 0 Å². The first kappa shape index (κ1) is 42.3. The number of phenolic OH excluding ortho intramolecular Hbond substituents is 6. The van der Waals surface area contributed by atoms with E-state index in [1.165, 1.54) is 12.1 Å². The lowest BCUT2D eigenvalue weighted by Gasteiger charge is -2.26. The van der Waals surface area contributed by atoms with E-state index in [4.69, 9.17) is 0 Å². The van der Waals surface area contributed by atoms with Crippen molar-refractivity contribution < 1.29 is 30.6 Å². The molecule has 0 aromatic heterocycles. The third kappa shape index (κ3) is 7.80. The minimum atomic E-state index is -0.218. The molecule has 60 heavy (non-hydrogen) atoms. The van der Waals surface area contributed by atoms with Crippen LogP contribution >= 0.6 is 0 Å². The lowest BCUT2D eigenvalue weighted by Crippen LogP contribution is -2.09. The van der Waals surface area contributed by atoms with E-state index in [0.717, 1.165) is 79.6 Å². The average Bonchev–Trinajstić information content (AvgIpc) is 3.24. The lowest BCUT2D eigenvalue weighted by molar-refractivity contribution is 0.435. The fourth-order valence-corrected chi connectivity index (χ4v) is 10.3. The van der Waals surface area contributed by atoms with E-state index < -0.39 is 0 Å². The van der Waals surface area contributed by atoms with Crippen LogP contribution in [0.15, 0.2) is 109 Å². The molecule has 6 heteroatoms. The minimum Gasteiger partial charge on any atom is -0.508 e. The zero-order valence-corrected chi connectivity index (χ0v) is 35.8. The molecule has 12 bridgehead atoms. The highest BCUT2D eigenvalue weighted by Crippen LogP contribution is 2.47. The lowest BCUT2D eigenvalue weighted by atomic mass is 9.78. The summed E-state index contributed by atoms with van der Waals surface area (Å²) in [6.45, 7) is 12.6. The zero-order valence-electron chi connectivity index (χ0n) is 35.8. The minimum absolute atomic E-state index is 0.0283. The Labute approximate surface area is 355 Å². The Kier molecular flexibility index (Phi) is 12.5. The standard InChI is InChI=1S/C54H60O6/c1-7-37-31-15-13-17-33(23-31)39(9-3)45-27-48(54(60)29-51(45)57)42(12-6)36-20-22-50(56)44(26-36)38(8-2)32-16-14-18-34(24-32)40(10-4)46-28-47(53(59)30-52(46)58)41(11-5)35-19-21-49(55)43(37)25-35/h13-30,37-42,55-60H,7-12H2,1-6H3. The Bertz CT molecular complexity index is 2310. The first-order valence-electron chi connectivity index (χ1n) is 21.9. The van der Waals surface area contributed by atoms with Gasteiger partial charge in [-0.2, -0.15) is 0 Å². The fraction of sp³-hybridized carbons (Fsp3) is 0.333. The average molecular weight is 805 g/mol. The smallest absolute Gasteiger partial charge is 0.123 e. The van der Waals surface area contributed by atoms with Gasteiger partial charge in [0.25, 0.3) is 0 Å². The van der Waals surface area contributed by atoms with Gasteiger partial charge in [-0.15, -0.1) is 0 Å². The second-order valence-corrected chi connectivity index (χ2v) is 16.7. The highest BCUT2D eigenvalue weighted by Gasteiger charge is 2.29. The van der Waals surface area contributed by atoms with Crippen molar-refractivity contribution >= 4 is 0 Å². The van der Waals surface area contributed by atoms with Crippen LogP contribution in [0.4, 0.5) is 0 Å². The van der Waals surface area contributed by atoms with Gasteiger partial charge in [0.15, 0.2) is 0 Å². The van der Waals surface area contributed by atoms with Gasteiger partial charge in [0, 0.05) is 81.0 Å². The van der Waals surface area contributed by atoms with Gasteiger partial charge in [-0.1, -0.05) is 114 Å². The quantitative estimate of drug-likeness (QED) is 0.0997. The topological polar surface area (TPSA) is 121 Å². The largest absolute Gasteiger partial charge is 0.508 e. The van der Waals surface area contributed by atoms with Gasteiger partial charge in [0.05, 0.1) is 0 Å². The number of hydrogen-bond donors (Lipinski definition) is 6. The summed E-state index contributed by atoms with van der Waals surface area (Å²) in [6.07, 6.45) is 4.20. The maximum absolute atomic E-state index is 11.5. The molecule has 6 nitrogen and oxygen atoms in total. The molecule has 312 valence electrons. The predicted molar refractivity (Wildman–Crippen MR) is 241 cm³/mol. The molecule has 6 N–H and O–H groups in total. The number of fused-ring (bicyclic) bond motifs is 12. The van der Waals surface area contributed by atoms with E-state index in [1.807, 2.05) is 36.4 Å². The summed E-state index contributed by atoms with van der Waals surface area (Å²) in [5, 5.41) is 68.9. The first-order valence-corrected chi connectivity index (χ1v) is 21.9. The van der Waals surface area contributed by atoms with Gasteiger partial charge >= 0.3 is 0 Å². The van der Waals surface area contributed by atoms with Gasteiger partial charge in [0.2, 0.25) is 0 Å². The molecule has 7 rings (SSSR count). The van der Waals surface area contributed by atoms with Crippen molar-refractivity contribution in [1.29, 1.82) is 0 Å². The van der Waals surface area contributed by atoms with Crippen molar-refractivity contribution in [2.75, 3.05) is 0 Å². The van der Waals surface area contributed by atoms with Crippen LogP contribution in [0.5, 0.6) is 34.5 Å². The van der Waals surface area contributed by atoms with Crippen molar-refractivity contribution in [2.24, 2.45) is 0 Å². The van der Waals surface area contributed by atoms with E-state index in [0.29, 0.717) is 25.7 Å². The molecule has 6 aromatic rings. The molecule has 6 unspecified atom stereocenters. The SMILES string of the molecule is CCC1c2cccc(c2)C(CC)c2cc(c(O)cc2O)C(CC)c2ccc(O)c(c2)C(CC)c2cccc(c2)C(CC)c2cc(c(O)cc2O)C(CC)c2ccc(O)c1c2. The van der Waals surface area contributed by atoms with Crippen molar-refractivity contribution in [3.8, 4) is 34.5 Å². The van der Waals surface area contributed by atoms with E-state index in [9.17, 15) is 30.6 Å². The summed E-state index contributed by atoms with van der Waals surface area (Å²) in [5.41, 5.74) is 10.6. The molecule has 0 radical (unpaired) electrons. The van der Waals surface area contributed by atoms with Crippen molar-refractivity contribution in [3.05, 3.63) is 176 Å². The van der Waals surface area contributed by atoms with E-state index in [1.54, 1.807) is 12.1 Å². The molecule has 1 aliphatic carbocycles. The van der Waals surface area contributed by atoms with Crippen LogP contribution < -0.4 is 0 Å². The predicted octanol–water partition coefficient (Wildman–Crippen LogP) is 13.5. The highest BCUT2D eigenvalue weighted by atomic mass is 16.3. The molecule has 0 spiro atoms. The first-order chi connectivity index (χ1) is 29.0. The van der Waals surface area contributed by atoms with Gasteiger partial charge in [0.1, 0.15) is 34.5 Å². The Hall–Kier alpha value is -5.88. The van der Waals surface area contributed by atoms with Crippen LogP contribution in [0.25, 0.3) is 0 Å². The zero-order chi connectivity index (χ0) is 42.8. The highest BCUT2D eigenvalue weighted by molar-refractivity contribution is 5.57. The monoisotopic (exact) mass is 804 g/mol. The Morgan fingerprint density at radius 1 is 0.267 bits per heavy atom. The van der Waals surface area contributed by atoms with Gasteiger partial charge < -0.3 is 30.6 Å². The van der Waals surface area contributed by atoms with E-state index >= 15 is 0 Å². The van der Waals surface area contributed by atoms with Crippen LogP contribution in [0.1, 0.15) is 182 Å². The van der Waals surface area contributed by atoms with Gasteiger partial charge in [-0.25, -0.2) is 0 Å². The molecular formula is C54H60O6. The molecule has 0 aliphatic heterocycles. The number of benzene rings is 6. The molecule has 6 atom stereocenters. The molecule has 0 amide bonds. The fourth-order valence-electron chi connectivity index (χ4n) is 10.3. The van der Waals surface area contributed by atoms with E-state index in [-0.39, 0.29) is 70.0 Å². The summed E-state index contributed by atoms with van der Waals surface area (Å²) < 4.78 is 0. The second kappa shape index (κ2) is 17.8. The number of hydrogen-bond acceptors (Lipinski definition) is 6. The molecule has 0 saturated carbocycles. The Morgan fingerprint density at radius 3 is 0.750 bits per heavy atom. The van der Waals surface area contributed by atoms with Crippen molar-refractivity contribution in [2.45, 2.75) is 116 Å². The van der Waals surface area contributed by atoms with Gasteiger partial charge in [-0.05, 0) is 96.2 Å². The van der Waals surface area contributed by atoms with Crippen LogP contribution in [0.2, 0.25) is 0 Å². The Balaban J connectivity index is 1.50. The van der Waals surface area contributed by atoms with Crippen molar-refractivity contribution in [1.82, 2.24) is 0 Å². The summed E-state index contributed by atoms with van der Waals surface area (Å²) in [6, 6.07) is 35.2.